The average molecular weight is 243 g/mol. The molecule has 0 aliphatic heterocycles. The zero-order chi connectivity index (χ0) is 11.8. The minimum Gasteiger partial charge on any atom is -0.339 e. The Labute approximate surface area is 101 Å². The minimum atomic E-state index is 0.455. The third-order valence-electron chi connectivity index (χ3n) is 2.46. The number of rotatable bonds is 8. The molecule has 0 aliphatic carbocycles. The molecule has 1 heterocycles. The van der Waals surface area contributed by atoms with E-state index in [1.807, 2.05) is 11.8 Å². The molecule has 0 aliphatic rings. The predicted octanol–water partition coefficient (Wildman–Crippen LogP) is 2.24. The number of nitrogens with two attached hydrogens (primary N) is 1. The number of hydrogen-bond donors (Lipinski definition) is 1. The van der Waals surface area contributed by atoms with Gasteiger partial charge in [-0.2, -0.15) is 16.7 Å². The van der Waals surface area contributed by atoms with Crippen LogP contribution in [0.15, 0.2) is 4.52 Å². The number of thioether (sulfide) groups is 1. The van der Waals surface area contributed by atoms with Crippen LogP contribution in [0.1, 0.15) is 38.4 Å². The highest BCUT2D eigenvalue weighted by atomic mass is 32.2. The molecule has 1 aromatic heterocycles. The van der Waals surface area contributed by atoms with Gasteiger partial charge >= 0.3 is 0 Å². The standard InChI is InChI=1S/C11H21N3OS/c1-3-5-16-8-10-13-11(15-14-10)6-9(4-2)7-12/h9H,3-8,12H2,1-2H3. The summed E-state index contributed by atoms with van der Waals surface area (Å²) in [6, 6.07) is 0. The van der Waals surface area contributed by atoms with Gasteiger partial charge in [-0.1, -0.05) is 25.4 Å². The molecule has 5 heteroatoms. The Morgan fingerprint density at radius 2 is 2.25 bits per heavy atom. The largest absolute Gasteiger partial charge is 0.339 e. The molecule has 0 saturated heterocycles. The summed E-state index contributed by atoms with van der Waals surface area (Å²) in [5.41, 5.74) is 5.64. The quantitative estimate of drug-likeness (QED) is 0.709. The van der Waals surface area contributed by atoms with Crippen molar-refractivity contribution >= 4 is 11.8 Å². The third-order valence-corrected chi connectivity index (χ3v) is 3.62. The molecule has 0 radical (unpaired) electrons. The molecular formula is C11H21N3OS. The number of aromatic nitrogens is 2. The lowest BCUT2D eigenvalue weighted by molar-refractivity contribution is 0.348. The molecule has 0 fully saturated rings. The molecule has 2 N–H and O–H groups in total. The molecule has 16 heavy (non-hydrogen) atoms. The first kappa shape index (κ1) is 13.5. The Morgan fingerprint density at radius 3 is 2.88 bits per heavy atom. The van der Waals surface area contributed by atoms with Crippen molar-refractivity contribution in [3.63, 3.8) is 0 Å². The van der Waals surface area contributed by atoms with E-state index in [2.05, 4.69) is 24.0 Å². The van der Waals surface area contributed by atoms with Crippen LogP contribution in [0, 0.1) is 5.92 Å². The summed E-state index contributed by atoms with van der Waals surface area (Å²) in [4.78, 5) is 4.36. The molecule has 0 amide bonds. The Balaban J connectivity index is 2.38. The predicted molar refractivity (Wildman–Crippen MR) is 67.3 cm³/mol. The number of hydrogen-bond acceptors (Lipinski definition) is 5. The third kappa shape index (κ3) is 4.53. The summed E-state index contributed by atoms with van der Waals surface area (Å²) in [7, 11) is 0. The van der Waals surface area contributed by atoms with Crippen molar-refractivity contribution in [1.29, 1.82) is 0 Å². The van der Waals surface area contributed by atoms with E-state index in [1.54, 1.807) is 0 Å². The molecule has 1 rings (SSSR count). The summed E-state index contributed by atoms with van der Waals surface area (Å²) >= 11 is 1.84. The van der Waals surface area contributed by atoms with Crippen LogP contribution in [0.25, 0.3) is 0 Å². The van der Waals surface area contributed by atoms with Gasteiger partial charge in [0.15, 0.2) is 5.82 Å². The van der Waals surface area contributed by atoms with Crippen LogP contribution in [0.4, 0.5) is 0 Å². The highest BCUT2D eigenvalue weighted by Crippen LogP contribution is 2.13. The molecule has 1 aromatic rings. The first-order valence-electron chi connectivity index (χ1n) is 5.89. The van der Waals surface area contributed by atoms with Gasteiger partial charge in [0.1, 0.15) is 0 Å². The van der Waals surface area contributed by atoms with Gasteiger partial charge in [0, 0.05) is 6.42 Å². The highest BCUT2D eigenvalue weighted by molar-refractivity contribution is 7.98. The number of nitrogens with zero attached hydrogens (tertiary/aromatic N) is 2. The van der Waals surface area contributed by atoms with E-state index in [1.165, 1.54) is 6.42 Å². The molecule has 0 bridgehead atoms. The Hall–Kier alpha value is -0.550. The van der Waals surface area contributed by atoms with Gasteiger partial charge in [0.05, 0.1) is 5.75 Å². The second-order valence-corrected chi connectivity index (χ2v) is 4.98. The first-order valence-corrected chi connectivity index (χ1v) is 7.04. The van der Waals surface area contributed by atoms with Crippen LogP contribution < -0.4 is 5.73 Å². The van der Waals surface area contributed by atoms with Gasteiger partial charge in [-0.3, -0.25) is 0 Å². The fourth-order valence-electron chi connectivity index (χ4n) is 1.38. The minimum absolute atomic E-state index is 0.455. The smallest absolute Gasteiger partial charge is 0.226 e. The fraction of sp³-hybridized carbons (Fsp3) is 0.818. The van der Waals surface area contributed by atoms with Gasteiger partial charge < -0.3 is 10.3 Å². The fourth-order valence-corrected chi connectivity index (χ4v) is 2.11. The maximum absolute atomic E-state index is 5.64. The van der Waals surface area contributed by atoms with Gasteiger partial charge in [-0.25, -0.2) is 0 Å². The van der Waals surface area contributed by atoms with E-state index in [-0.39, 0.29) is 0 Å². The van der Waals surface area contributed by atoms with Crippen molar-refractivity contribution in [3.05, 3.63) is 11.7 Å². The summed E-state index contributed by atoms with van der Waals surface area (Å²) < 4.78 is 5.20. The van der Waals surface area contributed by atoms with Crippen LogP contribution in [0.2, 0.25) is 0 Å². The molecule has 92 valence electrons. The van der Waals surface area contributed by atoms with Crippen LogP contribution in [0.3, 0.4) is 0 Å². The van der Waals surface area contributed by atoms with E-state index in [0.29, 0.717) is 12.5 Å². The first-order chi connectivity index (χ1) is 7.80. The van der Waals surface area contributed by atoms with Crippen LogP contribution in [-0.2, 0) is 12.2 Å². The van der Waals surface area contributed by atoms with Crippen molar-refractivity contribution in [2.45, 2.75) is 38.9 Å². The molecule has 0 spiro atoms. The SMILES string of the molecule is CCCSCc1noc(CC(CC)CN)n1. The van der Waals surface area contributed by atoms with Gasteiger partial charge in [-0.05, 0) is 24.6 Å². The van der Waals surface area contributed by atoms with Crippen LogP contribution >= 0.6 is 11.8 Å². The van der Waals surface area contributed by atoms with E-state index < -0.39 is 0 Å². The molecule has 1 atom stereocenters. The second kappa shape index (κ2) is 7.68. The van der Waals surface area contributed by atoms with Crippen molar-refractivity contribution < 1.29 is 4.52 Å². The van der Waals surface area contributed by atoms with Gasteiger partial charge in [-0.15, -0.1) is 0 Å². The molecule has 0 aromatic carbocycles. The molecular weight excluding hydrogens is 222 g/mol. The van der Waals surface area contributed by atoms with Crippen molar-refractivity contribution in [3.8, 4) is 0 Å². The maximum atomic E-state index is 5.64. The van der Waals surface area contributed by atoms with E-state index in [4.69, 9.17) is 10.3 Å². The van der Waals surface area contributed by atoms with E-state index >= 15 is 0 Å². The Morgan fingerprint density at radius 1 is 1.44 bits per heavy atom. The summed E-state index contributed by atoms with van der Waals surface area (Å²) in [6.45, 7) is 4.98. The van der Waals surface area contributed by atoms with Crippen molar-refractivity contribution in [1.82, 2.24) is 10.1 Å². The molecule has 0 saturated carbocycles. The summed E-state index contributed by atoms with van der Waals surface area (Å²) in [6.07, 6.45) is 3.04. The van der Waals surface area contributed by atoms with Crippen molar-refractivity contribution in [2.75, 3.05) is 12.3 Å². The lowest BCUT2D eigenvalue weighted by Crippen LogP contribution is -2.16. The summed E-state index contributed by atoms with van der Waals surface area (Å²) in [5, 5.41) is 3.96. The van der Waals surface area contributed by atoms with Crippen molar-refractivity contribution in [2.24, 2.45) is 11.7 Å². The Kier molecular flexibility index (Phi) is 6.49. The normalized spacial score (nSPS) is 12.9. The topological polar surface area (TPSA) is 64.9 Å². The lowest BCUT2D eigenvalue weighted by atomic mass is 10.0. The Bertz CT molecular complexity index is 287. The average Bonchev–Trinajstić information content (AvgIpc) is 2.74. The molecule has 1 unspecified atom stereocenters. The second-order valence-electron chi connectivity index (χ2n) is 3.87. The summed E-state index contributed by atoms with van der Waals surface area (Å²) in [5.74, 6) is 3.97. The van der Waals surface area contributed by atoms with E-state index in [0.717, 1.165) is 36.1 Å². The van der Waals surface area contributed by atoms with Gasteiger partial charge in [0.2, 0.25) is 5.89 Å². The highest BCUT2D eigenvalue weighted by Gasteiger charge is 2.11. The maximum Gasteiger partial charge on any atom is 0.226 e. The lowest BCUT2D eigenvalue weighted by Gasteiger charge is -2.07. The zero-order valence-electron chi connectivity index (χ0n) is 10.1. The zero-order valence-corrected chi connectivity index (χ0v) is 10.9. The van der Waals surface area contributed by atoms with Crippen LogP contribution in [0.5, 0.6) is 0 Å². The molecule has 4 nitrogen and oxygen atoms in total. The van der Waals surface area contributed by atoms with E-state index in [9.17, 15) is 0 Å². The monoisotopic (exact) mass is 243 g/mol. The van der Waals surface area contributed by atoms with Gasteiger partial charge in [0.25, 0.3) is 0 Å². The van der Waals surface area contributed by atoms with Crippen LogP contribution in [-0.4, -0.2) is 22.4 Å².